The third-order valence-electron chi connectivity index (χ3n) is 14.6. The molecule has 0 aromatic rings. The number of esters is 3. The summed E-state index contributed by atoms with van der Waals surface area (Å²) in [5, 5.41) is 9.87. The highest BCUT2D eigenvalue weighted by molar-refractivity contribution is 7.47. The molecule has 0 aliphatic carbocycles. The Morgan fingerprint density at radius 1 is 0.341 bits per heavy atom. The molecule has 0 aliphatic heterocycles. The monoisotopic (exact) mass is 1170 g/mol. The number of hydrogen-bond donors (Lipinski definition) is 2. The minimum atomic E-state index is -4.76. The van der Waals surface area contributed by atoms with Crippen LogP contribution in [0.3, 0.4) is 0 Å². The summed E-state index contributed by atoms with van der Waals surface area (Å²) in [6.07, 6.45) is 74.1. The summed E-state index contributed by atoms with van der Waals surface area (Å²) in [4.78, 5) is 48.9. The number of hydrogen-bond acceptors (Lipinski definition) is 10. The Balaban J connectivity index is 4.70. The molecule has 0 spiro atoms. The number of unbranched alkanes of at least 4 members (excludes halogenated alkanes) is 34. The van der Waals surface area contributed by atoms with E-state index in [1.165, 1.54) is 154 Å². The summed E-state index contributed by atoms with van der Waals surface area (Å²) in [5.74, 6) is -1.47. The van der Waals surface area contributed by atoms with E-state index in [0.29, 0.717) is 19.3 Å². The van der Waals surface area contributed by atoms with Crippen molar-refractivity contribution in [1.82, 2.24) is 0 Å². The van der Waals surface area contributed by atoms with Gasteiger partial charge in [-0.1, -0.05) is 254 Å². The second kappa shape index (κ2) is 63.9. The molecule has 0 saturated carbocycles. The van der Waals surface area contributed by atoms with Crippen molar-refractivity contribution in [1.29, 1.82) is 0 Å². The van der Waals surface area contributed by atoms with Gasteiger partial charge in [0, 0.05) is 19.3 Å². The molecule has 0 saturated heterocycles. The molecule has 12 heteroatoms. The van der Waals surface area contributed by atoms with Crippen LogP contribution in [0.5, 0.6) is 0 Å². The average Bonchev–Trinajstić information content (AvgIpc) is 3.47. The van der Waals surface area contributed by atoms with Crippen molar-refractivity contribution in [2.75, 3.05) is 26.4 Å². The SMILES string of the molecule is CCCCC/C=C\C/C=C\CCCCCCCCCCCC(=O)OCC(COP(=O)(O)OCC(CO)OC(=O)CCCCCCCCC/C=C\C/C=C\CCCCC)OC(=O)CCCCCCCCCCC/C=C\C/C=C\CCCCC. The second-order valence-corrected chi connectivity index (χ2v) is 24.1. The third kappa shape index (κ3) is 61.5. The van der Waals surface area contributed by atoms with Crippen LogP contribution < -0.4 is 0 Å². The van der Waals surface area contributed by atoms with Gasteiger partial charge in [0.2, 0.25) is 0 Å². The van der Waals surface area contributed by atoms with Crippen LogP contribution in [0.15, 0.2) is 72.9 Å². The molecule has 0 aromatic heterocycles. The smallest absolute Gasteiger partial charge is 0.462 e. The van der Waals surface area contributed by atoms with Crippen LogP contribution in [0.1, 0.15) is 316 Å². The Labute approximate surface area is 503 Å². The highest BCUT2D eigenvalue weighted by atomic mass is 31.2. The molecule has 0 amide bonds. The highest BCUT2D eigenvalue weighted by Crippen LogP contribution is 2.43. The fourth-order valence-corrected chi connectivity index (χ4v) is 10.2. The molecule has 2 N–H and O–H groups in total. The first-order valence-corrected chi connectivity index (χ1v) is 35.3. The van der Waals surface area contributed by atoms with Gasteiger partial charge in [0.1, 0.15) is 12.7 Å². The van der Waals surface area contributed by atoms with E-state index in [4.69, 9.17) is 23.3 Å². The number of aliphatic hydroxyl groups excluding tert-OH is 1. The quantitative estimate of drug-likeness (QED) is 0.0197. The van der Waals surface area contributed by atoms with Crippen LogP contribution in [0, 0.1) is 0 Å². The van der Waals surface area contributed by atoms with Crippen LogP contribution in [0.2, 0.25) is 0 Å². The molecule has 0 rings (SSSR count). The molecule has 3 unspecified atom stereocenters. The largest absolute Gasteiger partial charge is 0.472 e. The lowest BCUT2D eigenvalue weighted by molar-refractivity contribution is -0.161. The normalized spacial score (nSPS) is 13.7. The minimum absolute atomic E-state index is 0.161. The van der Waals surface area contributed by atoms with Crippen LogP contribution in [0.25, 0.3) is 0 Å². The van der Waals surface area contributed by atoms with Crippen molar-refractivity contribution < 1.29 is 52.2 Å². The number of allylic oxidation sites excluding steroid dienone is 12. The number of rotatable bonds is 63. The first-order valence-electron chi connectivity index (χ1n) is 33.8. The fourth-order valence-electron chi connectivity index (χ4n) is 9.39. The van der Waals surface area contributed by atoms with E-state index in [0.717, 1.165) is 103 Å². The number of carbonyl (C=O) groups excluding carboxylic acids is 3. The molecule has 0 aliphatic rings. The lowest BCUT2D eigenvalue weighted by Crippen LogP contribution is -2.30. The van der Waals surface area contributed by atoms with Crippen molar-refractivity contribution in [3.8, 4) is 0 Å². The molecule has 11 nitrogen and oxygen atoms in total. The fraction of sp³-hybridized carbons (Fsp3) is 0.786. The number of phosphoric ester groups is 1. The van der Waals surface area contributed by atoms with E-state index in [1.807, 2.05) is 0 Å². The average molecular weight is 1170 g/mol. The lowest BCUT2D eigenvalue weighted by atomic mass is 10.1. The zero-order chi connectivity index (χ0) is 59.8. The topological polar surface area (TPSA) is 155 Å². The molecule has 0 heterocycles. The molecular formula is C70H125O11P. The van der Waals surface area contributed by atoms with E-state index in [-0.39, 0.29) is 25.9 Å². The summed E-state index contributed by atoms with van der Waals surface area (Å²) in [6, 6.07) is 0. The van der Waals surface area contributed by atoms with Crippen molar-refractivity contribution >= 4 is 25.7 Å². The Morgan fingerprint density at radius 3 is 0.902 bits per heavy atom. The van der Waals surface area contributed by atoms with Crippen molar-refractivity contribution in [2.45, 2.75) is 328 Å². The minimum Gasteiger partial charge on any atom is -0.462 e. The Morgan fingerprint density at radius 2 is 0.598 bits per heavy atom. The molecule has 0 bridgehead atoms. The van der Waals surface area contributed by atoms with Gasteiger partial charge in [-0.05, 0) is 116 Å². The molecule has 0 fully saturated rings. The van der Waals surface area contributed by atoms with Crippen molar-refractivity contribution in [3.05, 3.63) is 72.9 Å². The zero-order valence-electron chi connectivity index (χ0n) is 53.0. The van der Waals surface area contributed by atoms with Gasteiger partial charge in [0.05, 0.1) is 19.8 Å². The van der Waals surface area contributed by atoms with Gasteiger partial charge in [0.15, 0.2) is 6.10 Å². The Bertz CT molecular complexity index is 1650. The van der Waals surface area contributed by atoms with E-state index >= 15 is 0 Å². The maximum Gasteiger partial charge on any atom is 0.472 e. The predicted octanol–water partition coefficient (Wildman–Crippen LogP) is 20.8. The number of phosphoric acid groups is 1. The van der Waals surface area contributed by atoms with E-state index in [9.17, 15) is 28.9 Å². The van der Waals surface area contributed by atoms with Gasteiger partial charge in [-0.3, -0.25) is 23.4 Å². The van der Waals surface area contributed by atoms with Gasteiger partial charge in [-0.25, -0.2) is 4.57 Å². The molecule has 476 valence electrons. The molecule has 82 heavy (non-hydrogen) atoms. The van der Waals surface area contributed by atoms with Crippen molar-refractivity contribution in [2.24, 2.45) is 0 Å². The molecular weight excluding hydrogens is 1050 g/mol. The van der Waals surface area contributed by atoms with Crippen LogP contribution in [-0.4, -0.2) is 66.5 Å². The molecule has 3 atom stereocenters. The Hall–Kier alpha value is -3.08. The maximum atomic E-state index is 13.0. The van der Waals surface area contributed by atoms with Gasteiger partial charge in [0.25, 0.3) is 0 Å². The zero-order valence-corrected chi connectivity index (χ0v) is 53.8. The Kier molecular flexibility index (Phi) is 61.5. The number of ether oxygens (including phenoxy) is 3. The van der Waals surface area contributed by atoms with Gasteiger partial charge in [-0.2, -0.15) is 0 Å². The number of carbonyl (C=O) groups is 3. The first kappa shape index (κ1) is 78.9. The van der Waals surface area contributed by atoms with E-state index in [1.54, 1.807) is 0 Å². The van der Waals surface area contributed by atoms with Gasteiger partial charge in [-0.15, -0.1) is 0 Å². The van der Waals surface area contributed by atoms with Gasteiger partial charge < -0.3 is 24.2 Å². The van der Waals surface area contributed by atoms with Crippen LogP contribution >= 0.6 is 7.82 Å². The molecule has 0 radical (unpaired) electrons. The summed E-state index contributed by atoms with van der Waals surface area (Å²) < 4.78 is 39.8. The third-order valence-corrected chi connectivity index (χ3v) is 15.5. The van der Waals surface area contributed by atoms with Crippen LogP contribution in [-0.2, 0) is 42.2 Å². The second-order valence-electron chi connectivity index (χ2n) is 22.6. The number of aliphatic hydroxyl groups is 1. The molecule has 0 aromatic carbocycles. The van der Waals surface area contributed by atoms with Crippen LogP contribution in [0.4, 0.5) is 0 Å². The van der Waals surface area contributed by atoms with Gasteiger partial charge >= 0.3 is 25.7 Å². The van der Waals surface area contributed by atoms with E-state index < -0.39 is 57.8 Å². The predicted molar refractivity (Wildman–Crippen MR) is 344 cm³/mol. The standard InChI is InChI=1S/C70H125O11P/c1-4-7-10-13-16-19-22-25-28-31-33-36-38-41-44-47-50-53-56-59-68(72)77-63-67(81-70(74)61-58-55-52-49-46-43-40-37-34-32-29-26-23-20-17-14-11-8-5-2)65-79-82(75,76)78-64-66(62-71)80-69(73)60-57-54-51-48-45-42-39-35-30-27-24-21-18-15-12-9-6-3/h16-21,25-30,66-67,71H,4-15,22-24,31-65H2,1-3H3,(H,75,76)/b19-16-,20-17-,21-18-,28-25-,29-26-,30-27-. The van der Waals surface area contributed by atoms with E-state index in [2.05, 4.69) is 93.7 Å². The summed E-state index contributed by atoms with van der Waals surface area (Å²) in [7, 11) is -4.76. The lowest BCUT2D eigenvalue weighted by Gasteiger charge is -2.21. The van der Waals surface area contributed by atoms with Crippen molar-refractivity contribution in [3.63, 3.8) is 0 Å². The summed E-state index contributed by atoms with van der Waals surface area (Å²) in [5.41, 5.74) is 0. The highest BCUT2D eigenvalue weighted by Gasteiger charge is 2.28. The summed E-state index contributed by atoms with van der Waals surface area (Å²) in [6.45, 7) is 4.61. The summed E-state index contributed by atoms with van der Waals surface area (Å²) >= 11 is 0. The maximum absolute atomic E-state index is 13.0. The first-order chi connectivity index (χ1) is 40.2.